The van der Waals surface area contributed by atoms with Crippen LogP contribution in [0.2, 0.25) is 0 Å². The summed E-state index contributed by atoms with van der Waals surface area (Å²) in [6.45, 7) is 0.483. The van der Waals surface area contributed by atoms with Gasteiger partial charge in [0.2, 0.25) is 5.91 Å². The molecule has 162 valence electrons. The quantitative estimate of drug-likeness (QED) is 0.351. The minimum atomic E-state index is -0.139. The van der Waals surface area contributed by atoms with Gasteiger partial charge < -0.3 is 10.3 Å². The number of amides is 1. The van der Waals surface area contributed by atoms with Gasteiger partial charge in [-0.05, 0) is 23.6 Å². The summed E-state index contributed by atoms with van der Waals surface area (Å²) in [5.74, 6) is 2.06. The van der Waals surface area contributed by atoms with Crippen LogP contribution in [0, 0.1) is 0 Å². The van der Waals surface area contributed by atoms with Gasteiger partial charge in [0.05, 0.1) is 16.9 Å². The number of pyridine rings is 1. The van der Waals surface area contributed by atoms with Crippen LogP contribution >= 0.6 is 34.4 Å². The van der Waals surface area contributed by atoms with Crippen LogP contribution in [-0.2, 0) is 17.0 Å². The predicted octanol–water partition coefficient (Wildman–Crippen LogP) is 3.35. The Kier molecular flexibility index (Phi) is 6.02. The van der Waals surface area contributed by atoms with Gasteiger partial charge in [-0.15, -0.1) is 44.6 Å². The fraction of sp³-hybridized carbons (Fsp3) is 0.190. The molecule has 5 rings (SSSR count). The predicted molar refractivity (Wildman–Crippen MR) is 129 cm³/mol. The standard InChI is InChI=1S/C21H18N6O2S3/c28-18(22-7-6-17-26-25-16-5-1-2-8-27(16)17)12-30-11-15-23-20(29)19-13(10-32-21(19)24-15)14-4-3-9-31-14/h1-5,8-10H,6-7,11-12H2,(H,22,28)(H,23,24,29). The lowest BCUT2D eigenvalue weighted by Crippen LogP contribution is -2.27. The van der Waals surface area contributed by atoms with Gasteiger partial charge in [0, 0.05) is 35.0 Å². The second-order valence-corrected chi connectivity index (χ2v) is 9.75. The summed E-state index contributed by atoms with van der Waals surface area (Å²) in [5.41, 5.74) is 1.57. The molecule has 0 radical (unpaired) electrons. The van der Waals surface area contributed by atoms with E-state index >= 15 is 0 Å². The third-order valence-corrected chi connectivity index (χ3v) is 7.53. The lowest BCUT2D eigenvalue weighted by molar-refractivity contribution is -0.118. The molecule has 8 nitrogen and oxygen atoms in total. The number of H-pyrrole nitrogens is 1. The summed E-state index contributed by atoms with van der Waals surface area (Å²) >= 11 is 4.48. The smallest absolute Gasteiger partial charge is 0.260 e. The largest absolute Gasteiger partial charge is 0.355 e. The van der Waals surface area contributed by atoms with Crippen LogP contribution in [0.1, 0.15) is 11.6 Å². The van der Waals surface area contributed by atoms with E-state index in [4.69, 9.17) is 0 Å². The van der Waals surface area contributed by atoms with Crippen molar-refractivity contribution in [3.05, 3.63) is 69.3 Å². The fourth-order valence-corrected chi connectivity index (χ4v) is 5.84. The van der Waals surface area contributed by atoms with Gasteiger partial charge in [-0.3, -0.25) is 14.0 Å². The van der Waals surface area contributed by atoms with Crippen molar-refractivity contribution in [3.8, 4) is 10.4 Å². The van der Waals surface area contributed by atoms with Crippen LogP contribution in [0.4, 0.5) is 0 Å². The summed E-state index contributed by atoms with van der Waals surface area (Å²) in [6, 6.07) is 9.69. The molecule has 0 saturated carbocycles. The van der Waals surface area contributed by atoms with E-state index in [2.05, 4.69) is 25.5 Å². The highest BCUT2D eigenvalue weighted by molar-refractivity contribution is 7.99. The zero-order valence-corrected chi connectivity index (χ0v) is 19.2. The van der Waals surface area contributed by atoms with Crippen molar-refractivity contribution < 1.29 is 4.79 Å². The van der Waals surface area contributed by atoms with E-state index in [0.717, 1.165) is 26.7 Å². The maximum absolute atomic E-state index is 12.6. The molecule has 0 bridgehead atoms. The van der Waals surface area contributed by atoms with Crippen molar-refractivity contribution in [3.63, 3.8) is 0 Å². The number of carbonyl (C=O) groups is 1. The first-order chi connectivity index (χ1) is 15.7. The highest BCUT2D eigenvalue weighted by atomic mass is 32.2. The Hall–Kier alpha value is -3.02. The minimum absolute atomic E-state index is 0.0663. The molecule has 1 amide bonds. The van der Waals surface area contributed by atoms with Gasteiger partial charge in [0.25, 0.3) is 5.56 Å². The molecule has 2 N–H and O–H groups in total. The Morgan fingerprint density at radius 1 is 1.19 bits per heavy atom. The molecule has 11 heteroatoms. The first-order valence-electron chi connectivity index (χ1n) is 9.86. The number of fused-ring (bicyclic) bond motifs is 2. The second-order valence-electron chi connectivity index (χ2n) is 6.96. The fourth-order valence-electron chi connectivity index (χ4n) is 3.34. The first-order valence-corrected chi connectivity index (χ1v) is 12.8. The molecule has 0 atom stereocenters. The average molecular weight is 483 g/mol. The number of carbonyl (C=O) groups excluding carboxylic acids is 1. The van der Waals surface area contributed by atoms with Crippen LogP contribution in [0.3, 0.4) is 0 Å². The highest BCUT2D eigenvalue weighted by Gasteiger charge is 2.14. The molecule has 5 heterocycles. The van der Waals surface area contributed by atoms with Crippen LogP contribution in [0.15, 0.2) is 52.1 Å². The number of thioether (sulfide) groups is 1. The van der Waals surface area contributed by atoms with Gasteiger partial charge in [0.1, 0.15) is 16.5 Å². The van der Waals surface area contributed by atoms with E-state index in [0.29, 0.717) is 29.9 Å². The molecule has 0 aromatic carbocycles. The molecule has 0 fully saturated rings. The van der Waals surface area contributed by atoms with Crippen LogP contribution < -0.4 is 10.9 Å². The molecule has 5 aromatic rings. The summed E-state index contributed by atoms with van der Waals surface area (Å²) < 4.78 is 1.91. The van der Waals surface area contributed by atoms with Gasteiger partial charge in [-0.2, -0.15) is 0 Å². The van der Waals surface area contributed by atoms with E-state index in [9.17, 15) is 9.59 Å². The van der Waals surface area contributed by atoms with Crippen molar-refractivity contribution in [1.29, 1.82) is 0 Å². The minimum Gasteiger partial charge on any atom is -0.355 e. The number of rotatable bonds is 8. The van der Waals surface area contributed by atoms with E-state index in [-0.39, 0.29) is 17.2 Å². The van der Waals surface area contributed by atoms with E-state index in [1.165, 1.54) is 23.1 Å². The maximum Gasteiger partial charge on any atom is 0.260 e. The summed E-state index contributed by atoms with van der Waals surface area (Å²) in [6.07, 6.45) is 2.50. The number of thiophene rings is 2. The Balaban J connectivity index is 1.14. The molecule has 0 aliphatic carbocycles. The van der Waals surface area contributed by atoms with Crippen LogP contribution in [-0.4, -0.2) is 42.8 Å². The number of aromatic amines is 1. The van der Waals surface area contributed by atoms with Gasteiger partial charge in [-0.1, -0.05) is 12.1 Å². The van der Waals surface area contributed by atoms with Gasteiger partial charge in [0.15, 0.2) is 5.65 Å². The molecular formula is C21H18N6O2S3. The number of nitrogens with one attached hydrogen (secondary N) is 2. The average Bonchev–Trinajstić information content (AvgIpc) is 3.53. The Morgan fingerprint density at radius 3 is 3.00 bits per heavy atom. The van der Waals surface area contributed by atoms with E-state index in [1.54, 1.807) is 11.3 Å². The van der Waals surface area contributed by atoms with Crippen molar-refractivity contribution in [2.45, 2.75) is 12.2 Å². The first kappa shape index (κ1) is 20.9. The SMILES string of the molecule is O=C(CSCc1nc2scc(-c3cccs3)c2c(=O)[nH]1)NCCc1nnc2ccccn12. The van der Waals surface area contributed by atoms with Crippen LogP contribution in [0.25, 0.3) is 26.3 Å². The summed E-state index contributed by atoms with van der Waals surface area (Å²) in [7, 11) is 0. The van der Waals surface area contributed by atoms with Crippen molar-refractivity contribution >= 4 is 56.2 Å². The molecular weight excluding hydrogens is 464 g/mol. The van der Waals surface area contributed by atoms with Crippen LogP contribution in [0.5, 0.6) is 0 Å². The van der Waals surface area contributed by atoms with Crippen molar-refractivity contribution in [2.75, 3.05) is 12.3 Å². The Bertz CT molecular complexity index is 1440. The summed E-state index contributed by atoms with van der Waals surface area (Å²) in [5, 5.41) is 15.8. The van der Waals surface area contributed by atoms with Crippen molar-refractivity contribution in [2.24, 2.45) is 0 Å². The zero-order valence-electron chi connectivity index (χ0n) is 16.8. The molecule has 0 unspecified atom stereocenters. The molecule has 0 aliphatic rings. The topological polar surface area (TPSA) is 105 Å². The third kappa shape index (κ3) is 4.31. The number of hydrogen-bond donors (Lipinski definition) is 2. The maximum atomic E-state index is 12.6. The number of hydrogen-bond acceptors (Lipinski definition) is 8. The van der Waals surface area contributed by atoms with E-state index in [1.807, 2.05) is 51.7 Å². The van der Waals surface area contributed by atoms with E-state index < -0.39 is 0 Å². The highest BCUT2D eigenvalue weighted by Crippen LogP contribution is 2.33. The molecule has 0 spiro atoms. The Morgan fingerprint density at radius 2 is 2.12 bits per heavy atom. The van der Waals surface area contributed by atoms with Crippen molar-refractivity contribution in [1.82, 2.24) is 29.9 Å². The summed E-state index contributed by atoms with van der Waals surface area (Å²) in [4.78, 5) is 34.0. The number of aromatic nitrogens is 5. The monoisotopic (exact) mass is 482 g/mol. The Labute approximate surface area is 194 Å². The molecule has 32 heavy (non-hydrogen) atoms. The second kappa shape index (κ2) is 9.23. The molecule has 5 aromatic heterocycles. The molecule has 0 saturated heterocycles. The van der Waals surface area contributed by atoms with Gasteiger partial charge in [-0.25, -0.2) is 4.98 Å². The molecule has 0 aliphatic heterocycles. The number of nitrogens with zero attached hydrogens (tertiary/aromatic N) is 4. The lowest BCUT2D eigenvalue weighted by Gasteiger charge is -2.05. The van der Waals surface area contributed by atoms with Gasteiger partial charge >= 0.3 is 0 Å². The third-order valence-electron chi connectivity index (χ3n) is 4.81. The lowest BCUT2D eigenvalue weighted by atomic mass is 10.2. The normalized spacial score (nSPS) is 11.4. The zero-order chi connectivity index (χ0) is 21.9.